The fourth-order valence-corrected chi connectivity index (χ4v) is 7.24. The third-order valence-corrected chi connectivity index (χ3v) is 9.58. The Morgan fingerprint density at radius 1 is 1.23 bits per heavy atom. The number of rotatable bonds is 5. The van der Waals surface area contributed by atoms with Crippen molar-refractivity contribution >= 4 is 11.7 Å². The third-order valence-electron chi connectivity index (χ3n) is 9.58. The van der Waals surface area contributed by atoms with Crippen LogP contribution in [0.4, 0.5) is 5.82 Å². The third kappa shape index (κ3) is 4.92. The Bertz CT molecular complexity index is 1310. The van der Waals surface area contributed by atoms with Crippen LogP contribution in [0.25, 0.3) is 0 Å². The summed E-state index contributed by atoms with van der Waals surface area (Å²) in [5.41, 5.74) is 4.72. The zero-order valence-electron chi connectivity index (χ0n) is 23.9. The topological polar surface area (TPSA) is 94.8 Å². The van der Waals surface area contributed by atoms with Gasteiger partial charge in [-0.2, -0.15) is 15.2 Å². The normalized spacial score (nSPS) is 28.2. The highest BCUT2D eigenvalue weighted by atomic mass is 16.5. The first kappa shape index (κ1) is 27.0. The van der Waals surface area contributed by atoms with Gasteiger partial charge in [0.25, 0.3) is 0 Å². The van der Waals surface area contributed by atoms with Gasteiger partial charge in [-0.3, -0.25) is 4.79 Å². The number of likely N-dealkylation sites (N-methyl/N-ethyl adjacent to an activating group) is 1. The fraction of sp³-hybridized carbons (Fsp3) is 0.613. The quantitative estimate of drug-likeness (QED) is 0.565. The number of fused-ring (bicyclic) bond motifs is 3. The van der Waals surface area contributed by atoms with Crippen LogP contribution in [0.5, 0.6) is 6.01 Å². The molecule has 1 aromatic carbocycles. The van der Waals surface area contributed by atoms with E-state index in [1.165, 1.54) is 23.1 Å². The lowest BCUT2D eigenvalue weighted by Crippen LogP contribution is -2.55. The number of ether oxygens (including phenoxy) is 2. The smallest absolute Gasteiger partial charge is 0.318 e. The lowest BCUT2D eigenvalue weighted by atomic mass is 9.66. The number of benzene rings is 1. The predicted molar refractivity (Wildman–Crippen MR) is 151 cm³/mol. The molecule has 40 heavy (non-hydrogen) atoms. The van der Waals surface area contributed by atoms with E-state index in [1.54, 1.807) is 6.92 Å². The summed E-state index contributed by atoms with van der Waals surface area (Å²) in [5, 5.41) is 9.48. The molecule has 2 aromatic rings. The number of nitrogens with zero attached hydrogens (tertiary/aromatic N) is 6. The second-order valence-corrected chi connectivity index (χ2v) is 12.0. The van der Waals surface area contributed by atoms with Crippen LogP contribution in [0.1, 0.15) is 68.0 Å². The molecule has 2 saturated heterocycles. The summed E-state index contributed by atoms with van der Waals surface area (Å²) in [5.74, 6) is 0.917. The van der Waals surface area contributed by atoms with E-state index in [2.05, 4.69) is 54.1 Å². The van der Waals surface area contributed by atoms with Crippen molar-refractivity contribution in [3.8, 4) is 12.1 Å². The first-order valence-corrected chi connectivity index (χ1v) is 14.7. The minimum atomic E-state index is -0.159. The zero-order valence-corrected chi connectivity index (χ0v) is 23.9. The lowest BCUT2D eigenvalue weighted by Gasteiger charge is -2.45. The molecule has 212 valence electrons. The number of hydrogen-bond acceptors (Lipinski definition) is 8. The van der Waals surface area contributed by atoms with Crippen LogP contribution in [0, 0.1) is 11.3 Å². The van der Waals surface area contributed by atoms with Gasteiger partial charge in [0.1, 0.15) is 12.4 Å². The minimum absolute atomic E-state index is 0.0152. The maximum absolute atomic E-state index is 12.3. The van der Waals surface area contributed by atoms with Gasteiger partial charge in [0.15, 0.2) is 0 Å². The first-order valence-electron chi connectivity index (χ1n) is 14.7. The number of amides is 1. The molecule has 6 rings (SSSR count). The molecule has 0 radical (unpaired) electrons. The molecule has 1 amide bonds. The van der Waals surface area contributed by atoms with E-state index in [0.717, 1.165) is 43.7 Å². The van der Waals surface area contributed by atoms with Gasteiger partial charge in [0.05, 0.1) is 36.9 Å². The Labute approximate surface area is 237 Å². The maximum atomic E-state index is 12.3. The van der Waals surface area contributed by atoms with Crippen molar-refractivity contribution in [1.29, 1.82) is 5.26 Å². The van der Waals surface area contributed by atoms with Crippen molar-refractivity contribution in [2.24, 2.45) is 0 Å². The van der Waals surface area contributed by atoms with Gasteiger partial charge < -0.3 is 24.2 Å². The molecule has 2 fully saturated rings. The van der Waals surface area contributed by atoms with Crippen molar-refractivity contribution in [1.82, 2.24) is 19.8 Å². The average molecular weight is 545 g/mol. The van der Waals surface area contributed by atoms with Crippen molar-refractivity contribution in [2.75, 3.05) is 51.3 Å². The van der Waals surface area contributed by atoms with E-state index < -0.39 is 0 Å². The van der Waals surface area contributed by atoms with E-state index in [1.807, 2.05) is 4.90 Å². The molecule has 2 unspecified atom stereocenters. The van der Waals surface area contributed by atoms with Crippen LogP contribution < -0.4 is 9.64 Å². The van der Waals surface area contributed by atoms with Gasteiger partial charge in [-0.15, -0.1) is 0 Å². The Morgan fingerprint density at radius 3 is 2.85 bits per heavy atom. The fourth-order valence-electron chi connectivity index (χ4n) is 7.24. The highest BCUT2D eigenvalue weighted by Crippen LogP contribution is 2.47. The standard InChI is InChI=1S/C31H40N6O3/c1-21-25-8-4-5-9-27(25)31(20-40-21)12-10-26-28(17-31)33-30(39-19-24-7-6-14-35(24)3)34-29(26)36-15-16-37(22(2)38)23(18-36)11-13-32/h4-5,8-9,21,23-24H,6-7,10-12,14-20H2,1-3H3/t21?,23-,24-,31?/m0/s1. The van der Waals surface area contributed by atoms with E-state index in [0.29, 0.717) is 51.3 Å². The molecule has 4 aliphatic rings. The van der Waals surface area contributed by atoms with Crippen LogP contribution >= 0.6 is 0 Å². The van der Waals surface area contributed by atoms with Crippen molar-refractivity contribution in [3.63, 3.8) is 0 Å². The zero-order chi connectivity index (χ0) is 27.9. The summed E-state index contributed by atoms with van der Waals surface area (Å²) in [6.45, 7) is 7.88. The second-order valence-electron chi connectivity index (χ2n) is 12.0. The van der Waals surface area contributed by atoms with E-state index in [-0.39, 0.29) is 23.5 Å². The SMILES string of the molecule is CC(=O)N1CCN(c2nc(OC[C@@H]3CCCN3C)nc3c2CCC2(COC(C)c4ccccc42)C3)C[C@@H]1CC#N. The van der Waals surface area contributed by atoms with Crippen LogP contribution in [-0.4, -0.2) is 84.2 Å². The minimum Gasteiger partial charge on any atom is -0.462 e. The van der Waals surface area contributed by atoms with Gasteiger partial charge in [-0.25, -0.2) is 0 Å². The summed E-state index contributed by atoms with van der Waals surface area (Å²) in [7, 11) is 2.15. The largest absolute Gasteiger partial charge is 0.462 e. The number of anilines is 1. The van der Waals surface area contributed by atoms with Crippen LogP contribution in [0.3, 0.4) is 0 Å². The molecule has 1 spiro atoms. The van der Waals surface area contributed by atoms with Crippen LogP contribution in [-0.2, 0) is 27.8 Å². The van der Waals surface area contributed by atoms with Gasteiger partial charge in [0.2, 0.25) is 5.91 Å². The van der Waals surface area contributed by atoms with Gasteiger partial charge in [0, 0.05) is 50.0 Å². The number of nitriles is 1. The van der Waals surface area contributed by atoms with Crippen LogP contribution in [0.2, 0.25) is 0 Å². The van der Waals surface area contributed by atoms with Gasteiger partial charge in [-0.05, 0) is 57.3 Å². The summed E-state index contributed by atoms with van der Waals surface area (Å²) < 4.78 is 12.6. The van der Waals surface area contributed by atoms with Crippen molar-refractivity contribution < 1.29 is 14.3 Å². The predicted octanol–water partition coefficient (Wildman–Crippen LogP) is 3.42. The Hall–Kier alpha value is -3.22. The molecule has 0 bridgehead atoms. The molecule has 0 N–H and O–H groups in total. The Kier molecular flexibility index (Phi) is 7.41. The van der Waals surface area contributed by atoms with E-state index in [4.69, 9.17) is 19.4 Å². The summed E-state index contributed by atoms with van der Waals surface area (Å²) in [4.78, 5) is 28.8. The van der Waals surface area contributed by atoms with E-state index >= 15 is 0 Å². The monoisotopic (exact) mass is 544 g/mol. The van der Waals surface area contributed by atoms with E-state index in [9.17, 15) is 10.1 Å². The maximum Gasteiger partial charge on any atom is 0.318 e. The average Bonchev–Trinajstić information content (AvgIpc) is 3.38. The molecule has 4 atom stereocenters. The van der Waals surface area contributed by atoms with Crippen molar-refractivity contribution in [3.05, 3.63) is 46.6 Å². The molecule has 9 heteroatoms. The number of carbonyl (C=O) groups excluding carboxylic acids is 1. The number of hydrogen-bond donors (Lipinski definition) is 0. The van der Waals surface area contributed by atoms with Gasteiger partial charge >= 0.3 is 6.01 Å². The van der Waals surface area contributed by atoms with Crippen LogP contribution in [0.15, 0.2) is 24.3 Å². The molecule has 9 nitrogen and oxygen atoms in total. The number of aromatic nitrogens is 2. The lowest BCUT2D eigenvalue weighted by molar-refractivity contribution is -0.131. The highest BCUT2D eigenvalue weighted by Gasteiger charge is 2.44. The molecular formula is C31H40N6O3. The number of piperazine rings is 1. The molecule has 3 aliphatic heterocycles. The Balaban J connectivity index is 1.35. The Morgan fingerprint density at radius 2 is 2.08 bits per heavy atom. The molecule has 0 saturated carbocycles. The van der Waals surface area contributed by atoms with Gasteiger partial charge in [-0.1, -0.05) is 24.3 Å². The number of carbonyl (C=O) groups is 1. The number of likely N-dealkylation sites (tertiary alicyclic amines) is 1. The summed E-state index contributed by atoms with van der Waals surface area (Å²) in [6, 6.07) is 11.6. The molecular weight excluding hydrogens is 504 g/mol. The second kappa shape index (κ2) is 11.0. The molecule has 1 aliphatic carbocycles. The molecule has 4 heterocycles. The summed E-state index contributed by atoms with van der Waals surface area (Å²) >= 11 is 0. The highest BCUT2D eigenvalue weighted by molar-refractivity contribution is 5.74. The molecule has 1 aromatic heterocycles. The van der Waals surface area contributed by atoms with Crippen molar-refractivity contribution in [2.45, 2.75) is 76.0 Å². The summed E-state index contributed by atoms with van der Waals surface area (Å²) in [6.07, 6.45) is 5.27. The first-order chi connectivity index (χ1) is 19.4.